The maximum absolute atomic E-state index is 11.9. The lowest BCUT2D eigenvalue weighted by Gasteiger charge is -2.32. The number of hydrogen-bond donors (Lipinski definition) is 0. The Labute approximate surface area is 142 Å². The van der Waals surface area contributed by atoms with Crippen LogP contribution in [0.2, 0.25) is 0 Å². The number of aromatic nitrogens is 4. The Hall–Kier alpha value is -2.18. The van der Waals surface area contributed by atoms with Crippen molar-refractivity contribution in [3.8, 4) is 0 Å². The van der Waals surface area contributed by atoms with Crippen molar-refractivity contribution < 1.29 is 9.53 Å². The van der Waals surface area contributed by atoms with Crippen LogP contribution in [0.15, 0.2) is 0 Å². The van der Waals surface area contributed by atoms with Crippen LogP contribution in [-0.2, 0) is 16.1 Å². The van der Waals surface area contributed by atoms with Gasteiger partial charge in [-0.05, 0) is 40.5 Å². The number of ether oxygens (including phenoxy) is 1. The fourth-order valence-corrected chi connectivity index (χ4v) is 3.36. The van der Waals surface area contributed by atoms with Crippen LogP contribution >= 0.6 is 0 Å². The first-order valence-electron chi connectivity index (χ1n) is 8.68. The van der Waals surface area contributed by atoms with Gasteiger partial charge in [-0.3, -0.25) is 9.48 Å². The lowest BCUT2D eigenvalue weighted by molar-refractivity contribution is -0.148. The highest BCUT2D eigenvalue weighted by atomic mass is 16.5. The summed E-state index contributed by atoms with van der Waals surface area (Å²) in [7, 11) is 0. The molecule has 1 saturated heterocycles. The Morgan fingerprint density at radius 1 is 1.21 bits per heavy atom. The van der Waals surface area contributed by atoms with E-state index in [9.17, 15) is 4.79 Å². The van der Waals surface area contributed by atoms with Crippen LogP contribution in [0.3, 0.4) is 0 Å². The Balaban J connectivity index is 1.89. The molecule has 1 fully saturated rings. The molecule has 0 saturated carbocycles. The van der Waals surface area contributed by atoms with E-state index in [0.29, 0.717) is 6.61 Å². The quantitative estimate of drug-likeness (QED) is 0.800. The predicted molar refractivity (Wildman–Crippen MR) is 92.0 cm³/mol. The van der Waals surface area contributed by atoms with Gasteiger partial charge in [-0.25, -0.2) is 9.97 Å². The molecule has 0 aromatic carbocycles. The van der Waals surface area contributed by atoms with Crippen LogP contribution in [-0.4, -0.2) is 45.4 Å². The molecule has 2 aromatic heterocycles. The molecule has 0 N–H and O–H groups in total. The molecule has 0 unspecified atom stereocenters. The van der Waals surface area contributed by atoms with Crippen LogP contribution in [0.25, 0.3) is 11.0 Å². The summed E-state index contributed by atoms with van der Waals surface area (Å²) in [5.74, 6) is 1.61. The van der Waals surface area contributed by atoms with Gasteiger partial charge in [0.2, 0.25) is 0 Å². The highest BCUT2D eigenvalue weighted by Gasteiger charge is 2.28. The minimum atomic E-state index is -0.0735. The van der Waals surface area contributed by atoms with Crippen molar-refractivity contribution in [3.05, 3.63) is 11.5 Å². The van der Waals surface area contributed by atoms with Crippen LogP contribution in [0, 0.1) is 19.8 Å². The minimum absolute atomic E-state index is 0.00236. The largest absolute Gasteiger partial charge is 0.466 e. The molecule has 0 amide bonds. The number of carbonyl (C=O) groups is 1. The van der Waals surface area contributed by atoms with E-state index in [0.717, 1.165) is 60.8 Å². The summed E-state index contributed by atoms with van der Waals surface area (Å²) in [4.78, 5) is 23.4. The first-order chi connectivity index (χ1) is 11.5. The van der Waals surface area contributed by atoms with E-state index >= 15 is 0 Å². The summed E-state index contributed by atoms with van der Waals surface area (Å²) >= 11 is 0. The number of aryl methyl sites for hydroxylation is 3. The van der Waals surface area contributed by atoms with E-state index in [2.05, 4.69) is 21.9 Å². The third-order valence-electron chi connectivity index (χ3n) is 4.56. The van der Waals surface area contributed by atoms with Crippen molar-refractivity contribution in [1.29, 1.82) is 0 Å². The zero-order chi connectivity index (χ0) is 17.3. The fraction of sp³-hybridized carbons (Fsp3) is 0.647. The highest BCUT2D eigenvalue weighted by molar-refractivity contribution is 5.88. The maximum Gasteiger partial charge on any atom is 0.309 e. The molecule has 0 aliphatic carbocycles. The summed E-state index contributed by atoms with van der Waals surface area (Å²) in [5.41, 5.74) is 2.85. The summed E-state index contributed by atoms with van der Waals surface area (Å²) in [5, 5.41) is 4.59. The molecule has 3 rings (SSSR count). The molecular weight excluding hydrogens is 306 g/mol. The topological polar surface area (TPSA) is 73.1 Å². The number of carbonyl (C=O) groups excluding carboxylic acids is 1. The molecule has 2 aromatic rings. The predicted octanol–water partition coefficient (Wildman–Crippen LogP) is 2.24. The molecule has 130 valence electrons. The van der Waals surface area contributed by atoms with Crippen molar-refractivity contribution in [1.82, 2.24) is 19.7 Å². The number of anilines is 1. The molecule has 1 aliphatic heterocycles. The average molecular weight is 331 g/mol. The second-order valence-corrected chi connectivity index (χ2v) is 6.21. The zero-order valence-electron chi connectivity index (χ0n) is 14.9. The first-order valence-corrected chi connectivity index (χ1v) is 8.68. The van der Waals surface area contributed by atoms with Gasteiger partial charge in [-0.2, -0.15) is 5.10 Å². The van der Waals surface area contributed by atoms with Crippen molar-refractivity contribution in [2.75, 3.05) is 24.6 Å². The van der Waals surface area contributed by atoms with Crippen LogP contribution in [0.4, 0.5) is 5.82 Å². The van der Waals surface area contributed by atoms with Gasteiger partial charge in [0.05, 0.1) is 18.2 Å². The molecule has 7 heteroatoms. The van der Waals surface area contributed by atoms with Crippen molar-refractivity contribution in [3.63, 3.8) is 0 Å². The van der Waals surface area contributed by atoms with E-state index in [-0.39, 0.29) is 11.9 Å². The van der Waals surface area contributed by atoms with Crippen molar-refractivity contribution in [2.45, 2.75) is 47.1 Å². The lowest BCUT2D eigenvalue weighted by Crippen LogP contribution is -2.37. The lowest BCUT2D eigenvalue weighted by atomic mass is 9.97. The molecule has 0 atom stereocenters. The second-order valence-electron chi connectivity index (χ2n) is 6.21. The van der Waals surface area contributed by atoms with Gasteiger partial charge in [0, 0.05) is 19.6 Å². The highest BCUT2D eigenvalue weighted by Crippen LogP contribution is 2.30. The standard InChI is InChI=1S/C17H25N5O2/c1-5-22-15-14(11(3)20-22)18-12(4)19-16(15)21-9-7-13(8-10-21)17(23)24-6-2/h13H,5-10H2,1-4H3. The van der Waals surface area contributed by atoms with E-state index in [4.69, 9.17) is 9.72 Å². The number of esters is 1. The number of fused-ring (bicyclic) bond motifs is 1. The monoisotopic (exact) mass is 331 g/mol. The van der Waals surface area contributed by atoms with Crippen molar-refractivity contribution in [2.24, 2.45) is 5.92 Å². The Bertz CT molecular complexity index is 747. The first kappa shape index (κ1) is 16.7. The SMILES string of the molecule is CCOC(=O)C1CCN(c2nc(C)nc3c(C)nn(CC)c23)CC1. The Kier molecular flexibility index (Phi) is 4.69. The molecule has 0 bridgehead atoms. The van der Waals surface area contributed by atoms with E-state index in [1.165, 1.54) is 0 Å². The molecule has 24 heavy (non-hydrogen) atoms. The smallest absolute Gasteiger partial charge is 0.309 e. The third-order valence-corrected chi connectivity index (χ3v) is 4.56. The van der Waals surface area contributed by atoms with E-state index in [1.54, 1.807) is 0 Å². The number of rotatable bonds is 4. The number of hydrogen-bond acceptors (Lipinski definition) is 6. The zero-order valence-corrected chi connectivity index (χ0v) is 14.9. The molecule has 7 nitrogen and oxygen atoms in total. The van der Waals surface area contributed by atoms with Crippen molar-refractivity contribution >= 4 is 22.8 Å². The molecule has 3 heterocycles. The van der Waals surface area contributed by atoms with Gasteiger partial charge >= 0.3 is 5.97 Å². The normalized spacial score (nSPS) is 15.9. The molecule has 0 radical (unpaired) electrons. The molecule has 1 aliphatic rings. The molecule has 0 spiro atoms. The minimum Gasteiger partial charge on any atom is -0.466 e. The van der Waals surface area contributed by atoms with Gasteiger partial charge < -0.3 is 9.64 Å². The Morgan fingerprint density at radius 2 is 1.92 bits per heavy atom. The maximum atomic E-state index is 11.9. The van der Waals surface area contributed by atoms with Gasteiger partial charge in [0.25, 0.3) is 0 Å². The summed E-state index contributed by atoms with van der Waals surface area (Å²) in [6.07, 6.45) is 1.59. The summed E-state index contributed by atoms with van der Waals surface area (Å²) in [6.45, 7) is 10.6. The second kappa shape index (κ2) is 6.75. The summed E-state index contributed by atoms with van der Waals surface area (Å²) < 4.78 is 7.12. The Morgan fingerprint density at radius 3 is 2.54 bits per heavy atom. The van der Waals surface area contributed by atoms with Crippen LogP contribution in [0.5, 0.6) is 0 Å². The number of nitrogens with zero attached hydrogens (tertiary/aromatic N) is 5. The van der Waals surface area contributed by atoms with Gasteiger partial charge in [-0.15, -0.1) is 0 Å². The summed E-state index contributed by atoms with van der Waals surface area (Å²) in [6, 6.07) is 0. The van der Waals surface area contributed by atoms with Crippen LogP contribution in [0.1, 0.15) is 38.2 Å². The molecular formula is C17H25N5O2. The van der Waals surface area contributed by atoms with E-state index in [1.807, 2.05) is 25.5 Å². The van der Waals surface area contributed by atoms with Crippen LogP contribution < -0.4 is 4.90 Å². The van der Waals surface area contributed by atoms with Gasteiger partial charge in [0.15, 0.2) is 5.82 Å². The number of piperidine rings is 1. The fourth-order valence-electron chi connectivity index (χ4n) is 3.36. The van der Waals surface area contributed by atoms with Gasteiger partial charge in [-0.1, -0.05) is 0 Å². The van der Waals surface area contributed by atoms with E-state index < -0.39 is 0 Å². The average Bonchev–Trinajstić information content (AvgIpc) is 2.90. The third kappa shape index (κ3) is 2.95. The van der Waals surface area contributed by atoms with Gasteiger partial charge in [0.1, 0.15) is 16.9 Å².